The fourth-order valence-electron chi connectivity index (χ4n) is 3.25. The lowest BCUT2D eigenvalue weighted by Gasteiger charge is -2.20. The summed E-state index contributed by atoms with van der Waals surface area (Å²) in [6, 6.07) is 15.9. The molecule has 1 aliphatic heterocycles. The first-order valence-corrected chi connectivity index (χ1v) is 10.9. The second-order valence-electron chi connectivity index (χ2n) is 6.66. The standard InChI is InChI=1S/C20H25FN4O2S.HI/c1-22-20(23-12-14-28(26,27)19-10-6-5-9-18(19)21)24-16-11-13-25(15-16)17-7-3-2-4-8-17;/h2-10,16H,11-15H2,1H3,(H2,22,23,24);1H. The smallest absolute Gasteiger partial charge is 0.191 e. The molecule has 1 heterocycles. The molecule has 0 aliphatic carbocycles. The molecule has 2 aromatic rings. The molecule has 158 valence electrons. The van der Waals surface area contributed by atoms with E-state index >= 15 is 0 Å². The first kappa shape index (κ1) is 23.4. The number of halogens is 2. The van der Waals surface area contributed by atoms with Crippen LogP contribution in [-0.2, 0) is 9.84 Å². The summed E-state index contributed by atoms with van der Waals surface area (Å²) in [6.45, 7) is 1.93. The molecule has 1 saturated heterocycles. The summed E-state index contributed by atoms with van der Waals surface area (Å²) in [4.78, 5) is 6.20. The van der Waals surface area contributed by atoms with Crippen molar-refractivity contribution < 1.29 is 12.8 Å². The quantitative estimate of drug-likeness (QED) is 0.340. The molecule has 1 fully saturated rings. The van der Waals surface area contributed by atoms with Crippen LogP contribution in [-0.4, -0.2) is 52.9 Å². The minimum atomic E-state index is -3.70. The third-order valence-corrected chi connectivity index (χ3v) is 6.45. The second kappa shape index (κ2) is 10.8. The molecule has 29 heavy (non-hydrogen) atoms. The zero-order chi connectivity index (χ0) is 20.0. The number of nitrogens with zero attached hydrogens (tertiary/aromatic N) is 2. The summed E-state index contributed by atoms with van der Waals surface area (Å²) in [5, 5.41) is 6.35. The predicted molar refractivity (Wildman–Crippen MR) is 125 cm³/mol. The number of anilines is 1. The topological polar surface area (TPSA) is 73.8 Å². The molecule has 0 amide bonds. The van der Waals surface area contributed by atoms with Crippen molar-refractivity contribution in [1.82, 2.24) is 10.6 Å². The molecule has 0 saturated carbocycles. The number of para-hydroxylation sites is 1. The van der Waals surface area contributed by atoms with Crippen LogP contribution in [0, 0.1) is 5.82 Å². The number of hydrogen-bond donors (Lipinski definition) is 2. The van der Waals surface area contributed by atoms with Gasteiger partial charge in [-0.1, -0.05) is 30.3 Å². The number of nitrogens with one attached hydrogen (secondary N) is 2. The molecule has 0 bridgehead atoms. The van der Waals surface area contributed by atoms with Gasteiger partial charge in [0.25, 0.3) is 0 Å². The van der Waals surface area contributed by atoms with E-state index in [1.165, 1.54) is 23.9 Å². The summed E-state index contributed by atoms with van der Waals surface area (Å²) in [6.07, 6.45) is 0.961. The molecule has 0 spiro atoms. The summed E-state index contributed by atoms with van der Waals surface area (Å²) in [7, 11) is -2.05. The lowest BCUT2D eigenvalue weighted by Crippen LogP contribution is -2.45. The third kappa shape index (κ3) is 6.30. The van der Waals surface area contributed by atoms with Gasteiger partial charge in [0.15, 0.2) is 15.8 Å². The van der Waals surface area contributed by atoms with Crippen molar-refractivity contribution in [3.63, 3.8) is 0 Å². The van der Waals surface area contributed by atoms with Crippen molar-refractivity contribution in [2.75, 3.05) is 37.3 Å². The Kier molecular flexibility index (Phi) is 8.69. The Balaban J connectivity index is 0.00000300. The van der Waals surface area contributed by atoms with E-state index < -0.39 is 15.7 Å². The first-order valence-electron chi connectivity index (χ1n) is 9.24. The Morgan fingerprint density at radius 1 is 1.17 bits per heavy atom. The van der Waals surface area contributed by atoms with Gasteiger partial charge in [0.1, 0.15) is 10.7 Å². The number of aliphatic imine (C=N–C) groups is 1. The van der Waals surface area contributed by atoms with Gasteiger partial charge in [0, 0.05) is 38.4 Å². The Morgan fingerprint density at radius 3 is 2.55 bits per heavy atom. The highest BCUT2D eigenvalue weighted by Gasteiger charge is 2.24. The molecule has 3 rings (SSSR count). The summed E-state index contributed by atoms with van der Waals surface area (Å²) in [5.74, 6) is -0.393. The highest BCUT2D eigenvalue weighted by Crippen LogP contribution is 2.19. The molecular weight excluding hydrogens is 506 g/mol. The molecule has 1 aliphatic rings. The monoisotopic (exact) mass is 532 g/mol. The average molecular weight is 532 g/mol. The van der Waals surface area contributed by atoms with E-state index in [1.54, 1.807) is 7.05 Å². The highest BCUT2D eigenvalue weighted by atomic mass is 127. The minimum absolute atomic E-state index is 0. The van der Waals surface area contributed by atoms with Crippen molar-refractivity contribution in [3.05, 3.63) is 60.4 Å². The third-order valence-electron chi connectivity index (χ3n) is 4.71. The van der Waals surface area contributed by atoms with Crippen LogP contribution in [0.5, 0.6) is 0 Å². The van der Waals surface area contributed by atoms with E-state index in [1.807, 2.05) is 18.2 Å². The largest absolute Gasteiger partial charge is 0.369 e. The maximum atomic E-state index is 13.7. The molecule has 0 aromatic heterocycles. The summed E-state index contributed by atoms with van der Waals surface area (Å²) < 4.78 is 38.4. The number of hydrogen-bond acceptors (Lipinski definition) is 4. The van der Waals surface area contributed by atoms with Crippen LogP contribution < -0.4 is 15.5 Å². The van der Waals surface area contributed by atoms with Crippen LogP contribution in [0.2, 0.25) is 0 Å². The molecule has 1 unspecified atom stereocenters. The van der Waals surface area contributed by atoms with Crippen molar-refractivity contribution in [1.29, 1.82) is 0 Å². The van der Waals surface area contributed by atoms with Gasteiger partial charge in [-0.05, 0) is 30.7 Å². The van der Waals surface area contributed by atoms with Crippen LogP contribution in [0.25, 0.3) is 0 Å². The zero-order valence-corrected chi connectivity index (χ0v) is 19.4. The molecule has 0 radical (unpaired) electrons. The summed E-state index contributed by atoms with van der Waals surface area (Å²) >= 11 is 0. The molecular formula is C20H26FIN4O2S. The van der Waals surface area contributed by atoms with E-state index in [2.05, 4.69) is 32.7 Å². The Bertz CT molecular complexity index is 925. The van der Waals surface area contributed by atoms with Gasteiger partial charge in [0.05, 0.1) is 5.75 Å². The maximum absolute atomic E-state index is 13.7. The fraction of sp³-hybridized carbons (Fsp3) is 0.350. The van der Waals surface area contributed by atoms with E-state index in [-0.39, 0.29) is 47.2 Å². The van der Waals surface area contributed by atoms with Gasteiger partial charge in [-0.25, -0.2) is 12.8 Å². The van der Waals surface area contributed by atoms with Crippen LogP contribution in [0.15, 0.2) is 64.5 Å². The Morgan fingerprint density at radius 2 is 1.86 bits per heavy atom. The Hall–Kier alpha value is -1.88. The van der Waals surface area contributed by atoms with Crippen molar-refractivity contribution >= 4 is 45.5 Å². The second-order valence-corrected chi connectivity index (χ2v) is 8.74. The normalized spacial score (nSPS) is 17.0. The van der Waals surface area contributed by atoms with E-state index in [9.17, 15) is 12.8 Å². The number of benzene rings is 2. The van der Waals surface area contributed by atoms with Crippen molar-refractivity contribution in [2.24, 2.45) is 4.99 Å². The summed E-state index contributed by atoms with van der Waals surface area (Å²) in [5.41, 5.74) is 1.19. The predicted octanol–water partition coefficient (Wildman–Crippen LogP) is 2.66. The number of rotatable bonds is 6. The maximum Gasteiger partial charge on any atom is 0.191 e. The van der Waals surface area contributed by atoms with Gasteiger partial charge in [-0.15, -0.1) is 24.0 Å². The SMILES string of the molecule is CN=C(NCCS(=O)(=O)c1ccccc1F)NC1CCN(c2ccccc2)C1.I. The van der Waals surface area contributed by atoms with Gasteiger partial charge in [0.2, 0.25) is 0 Å². The molecule has 1 atom stereocenters. The zero-order valence-electron chi connectivity index (χ0n) is 16.2. The van der Waals surface area contributed by atoms with Crippen LogP contribution in [0.4, 0.5) is 10.1 Å². The highest BCUT2D eigenvalue weighted by molar-refractivity contribution is 14.0. The van der Waals surface area contributed by atoms with Crippen LogP contribution in [0.1, 0.15) is 6.42 Å². The molecule has 9 heteroatoms. The van der Waals surface area contributed by atoms with Gasteiger partial charge < -0.3 is 15.5 Å². The average Bonchev–Trinajstić information content (AvgIpc) is 3.16. The van der Waals surface area contributed by atoms with E-state index in [0.717, 1.165) is 25.6 Å². The van der Waals surface area contributed by atoms with Crippen molar-refractivity contribution in [3.8, 4) is 0 Å². The van der Waals surface area contributed by atoms with Gasteiger partial charge in [-0.2, -0.15) is 0 Å². The lowest BCUT2D eigenvalue weighted by atomic mass is 10.3. The molecule has 2 N–H and O–H groups in total. The van der Waals surface area contributed by atoms with Crippen LogP contribution >= 0.6 is 24.0 Å². The van der Waals surface area contributed by atoms with Crippen LogP contribution in [0.3, 0.4) is 0 Å². The number of guanidine groups is 1. The lowest BCUT2D eigenvalue weighted by molar-refractivity contribution is 0.566. The molecule has 2 aromatic carbocycles. The fourth-order valence-corrected chi connectivity index (χ4v) is 4.49. The van der Waals surface area contributed by atoms with Gasteiger partial charge >= 0.3 is 0 Å². The first-order chi connectivity index (χ1) is 13.5. The Labute approximate surface area is 188 Å². The molecule has 6 nitrogen and oxygen atoms in total. The van der Waals surface area contributed by atoms with E-state index in [4.69, 9.17) is 0 Å². The van der Waals surface area contributed by atoms with Gasteiger partial charge in [-0.3, -0.25) is 4.99 Å². The minimum Gasteiger partial charge on any atom is -0.369 e. The number of sulfone groups is 1. The van der Waals surface area contributed by atoms with E-state index in [0.29, 0.717) is 5.96 Å². The van der Waals surface area contributed by atoms with Crippen molar-refractivity contribution in [2.45, 2.75) is 17.4 Å².